The van der Waals surface area contributed by atoms with Crippen LogP contribution in [0.1, 0.15) is 39.5 Å². The highest BCUT2D eigenvalue weighted by Crippen LogP contribution is 2.34. The minimum absolute atomic E-state index is 0.338. The zero-order valence-electron chi connectivity index (χ0n) is 12.0. The maximum Gasteiger partial charge on any atom is 0.290 e. The Bertz CT molecular complexity index is 521. The molecule has 0 bridgehead atoms. The molecule has 1 amide bonds. The van der Waals surface area contributed by atoms with Crippen molar-refractivity contribution in [2.45, 2.75) is 40.0 Å². The summed E-state index contributed by atoms with van der Waals surface area (Å²) in [7, 11) is 0. The highest BCUT2D eigenvalue weighted by atomic mass is 16.4. The second kappa shape index (κ2) is 4.15. The maximum absolute atomic E-state index is 12.0. The molecular weight excluding hydrogens is 246 g/mol. The van der Waals surface area contributed by atoms with Gasteiger partial charge in [-0.05, 0) is 6.92 Å². The van der Waals surface area contributed by atoms with E-state index < -0.39 is 11.3 Å². The van der Waals surface area contributed by atoms with Crippen molar-refractivity contribution >= 4 is 11.7 Å². The SMILES string of the molecule is Cc1nnc(C2(C)CN(C(=O)C(=O)C(C)(C)C)C2)o1. The highest BCUT2D eigenvalue weighted by molar-refractivity contribution is 6.38. The topological polar surface area (TPSA) is 76.3 Å². The number of likely N-dealkylation sites (tertiary alicyclic amines) is 1. The van der Waals surface area contributed by atoms with Crippen molar-refractivity contribution in [1.82, 2.24) is 15.1 Å². The van der Waals surface area contributed by atoms with E-state index in [1.54, 1.807) is 27.7 Å². The zero-order valence-corrected chi connectivity index (χ0v) is 12.0. The van der Waals surface area contributed by atoms with Crippen LogP contribution in [-0.4, -0.2) is 39.9 Å². The van der Waals surface area contributed by atoms with Crippen LogP contribution in [0.5, 0.6) is 0 Å². The Kier molecular flexibility index (Phi) is 2.99. The quantitative estimate of drug-likeness (QED) is 0.748. The number of aryl methyl sites for hydroxylation is 1. The monoisotopic (exact) mass is 265 g/mol. The molecule has 19 heavy (non-hydrogen) atoms. The summed E-state index contributed by atoms with van der Waals surface area (Å²) < 4.78 is 5.40. The molecule has 6 nitrogen and oxygen atoms in total. The van der Waals surface area contributed by atoms with Gasteiger partial charge in [0.05, 0.1) is 5.41 Å². The Hall–Kier alpha value is -1.72. The van der Waals surface area contributed by atoms with Gasteiger partial charge < -0.3 is 9.32 Å². The smallest absolute Gasteiger partial charge is 0.290 e. The Balaban J connectivity index is 2.03. The first-order valence-electron chi connectivity index (χ1n) is 6.28. The van der Waals surface area contributed by atoms with Crippen LogP contribution in [-0.2, 0) is 15.0 Å². The number of rotatable bonds is 2. The number of nitrogens with zero attached hydrogens (tertiary/aromatic N) is 3. The average Bonchev–Trinajstić information content (AvgIpc) is 2.68. The van der Waals surface area contributed by atoms with Crippen molar-refractivity contribution in [3.8, 4) is 0 Å². The molecule has 2 heterocycles. The van der Waals surface area contributed by atoms with E-state index in [-0.39, 0.29) is 11.2 Å². The molecule has 1 aromatic rings. The largest absolute Gasteiger partial charge is 0.425 e. The lowest BCUT2D eigenvalue weighted by atomic mass is 9.80. The summed E-state index contributed by atoms with van der Waals surface area (Å²) in [5, 5.41) is 7.78. The standard InChI is InChI=1S/C13H19N3O3/c1-8-14-15-11(19-8)13(5)6-16(7-13)10(18)9(17)12(2,3)4/h6-7H2,1-5H3. The predicted octanol–water partition coefficient (Wildman–Crippen LogP) is 1.09. The van der Waals surface area contributed by atoms with Crippen molar-refractivity contribution in [3.63, 3.8) is 0 Å². The summed E-state index contributed by atoms with van der Waals surface area (Å²) in [5.41, 5.74) is -0.987. The van der Waals surface area contributed by atoms with Crippen LogP contribution in [0.2, 0.25) is 0 Å². The lowest BCUT2D eigenvalue weighted by Crippen LogP contribution is -2.62. The van der Waals surface area contributed by atoms with E-state index in [1.165, 1.54) is 4.90 Å². The van der Waals surface area contributed by atoms with Crippen molar-refractivity contribution < 1.29 is 14.0 Å². The van der Waals surface area contributed by atoms with E-state index in [1.807, 2.05) is 6.92 Å². The minimum Gasteiger partial charge on any atom is -0.425 e. The van der Waals surface area contributed by atoms with Gasteiger partial charge in [-0.25, -0.2) is 0 Å². The maximum atomic E-state index is 12.0. The number of carbonyl (C=O) groups excluding carboxylic acids is 2. The molecule has 0 spiro atoms. The van der Waals surface area contributed by atoms with Gasteiger partial charge in [0.15, 0.2) is 0 Å². The van der Waals surface area contributed by atoms with Gasteiger partial charge >= 0.3 is 0 Å². The van der Waals surface area contributed by atoms with Crippen LogP contribution in [0.15, 0.2) is 4.42 Å². The summed E-state index contributed by atoms with van der Waals surface area (Å²) in [5.74, 6) is 0.237. The van der Waals surface area contributed by atoms with Crippen molar-refractivity contribution in [2.75, 3.05) is 13.1 Å². The molecule has 0 radical (unpaired) electrons. The number of Topliss-reactive ketones (excluding diaryl/α,β-unsaturated/α-hetero) is 1. The first kappa shape index (κ1) is 13.7. The van der Waals surface area contributed by atoms with Crippen LogP contribution in [0.25, 0.3) is 0 Å². The molecule has 0 atom stereocenters. The first-order chi connectivity index (χ1) is 8.63. The lowest BCUT2D eigenvalue weighted by molar-refractivity contribution is -0.153. The summed E-state index contributed by atoms with van der Waals surface area (Å²) in [4.78, 5) is 25.4. The van der Waals surface area contributed by atoms with E-state index in [4.69, 9.17) is 4.42 Å². The Morgan fingerprint density at radius 1 is 1.26 bits per heavy atom. The van der Waals surface area contributed by atoms with E-state index >= 15 is 0 Å². The molecule has 0 aliphatic carbocycles. The molecule has 0 N–H and O–H groups in total. The Labute approximate surface area is 112 Å². The third-order valence-electron chi connectivity index (χ3n) is 3.28. The molecule has 1 fully saturated rings. The second-order valence-electron chi connectivity index (χ2n) is 6.43. The van der Waals surface area contributed by atoms with Gasteiger partial charge in [0.1, 0.15) is 0 Å². The van der Waals surface area contributed by atoms with Crippen LogP contribution >= 0.6 is 0 Å². The molecule has 0 saturated carbocycles. The van der Waals surface area contributed by atoms with Crippen LogP contribution in [0.4, 0.5) is 0 Å². The fourth-order valence-corrected chi connectivity index (χ4v) is 2.08. The number of hydrogen-bond donors (Lipinski definition) is 0. The summed E-state index contributed by atoms with van der Waals surface area (Å²) in [6.45, 7) is 9.79. The van der Waals surface area contributed by atoms with Crippen LogP contribution in [0, 0.1) is 12.3 Å². The molecule has 0 unspecified atom stereocenters. The fraction of sp³-hybridized carbons (Fsp3) is 0.692. The normalized spacial score (nSPS) is 18.1. The van der Waals surface area contributed by atoms with Crippen LogP contribution < -0.4 is 0 Å². The minimum atomic E-state index is -0.649. The second-order valence-corrected chi connectivity index (χ2v) is 6.43. The summed E-state index contributed by atoms with van der Waals surface area (Å²) >= 11 is 0. The van der Waals surface area contributed by atoms with Gasteiger partial charge in [-0.1, -0.05) is 20.8 Å². The van der Waals surface area contributed by atoms with E-state index in [0.717, 1.165) is 0 Å². The fourth-order valence-electron chi connectivity index (χ4n) is 2.08. The van der Waals surface area contributed by atoms with Gasteiger partial charge in [0.2, 0.25) is 17.6 Å². The van der Waals surface area contributed by atoms with Gasteiger partial charge in [-0.15, -0.1) is 10.2 Å². The number of amides is 1. The van der Waals surface area contributed by atoms with E-state index in [9.17, 15) is 9.59 Å². The molecule has 0 aromatic carbocycles. The molecule has 1 aliphatic heterocycles. The molecule has 2 rings (SSSR count). The van der Waals surface area contributed by atoms with Crippen molar-refractivity contribution in [2.24, 2.45) is 5.41 Å². The van der Waals surface area contributed by atoms with Crippen LogP contribution in [0.3, 0.4) is 0 Å². The number of aromatic nitrogens is 2. The molecule has 1 aromatic heterocycles. The van der Waals surface area contributed by atoms with Gasteiger partial charge in [-0.2, -0.15) is 0 Å². The lowest BCUT2D eigenvalue weighted by Gasteiger charge is -2.45. The van der Waals surface area contributed by atoms with E-state index in [2.05, 4.69) is 10.2 Å². The molecule has 6 heteroatoms. The molecule has 1 saturated heterocycles. The average molecular weight is 265 g/mol. The number of hydrogen-bond acceptors (Lipinski definition) is 5. The molecule has 1 aliphatic rings. The van der Waals surface area contributed by atoms with Gasteiger partial charge in [0.25, 0.3) is 5.91 Å². The predicted molar refractivity (Wildman–Crippen MR) is 67.4 cm³/mol. The third-order valence-corrected chi connectivity index (χ3v) is 3.28. The van der Waals surface area contributed by atoms with E-state index in [0.29, 0.717) is 24.9 Å². The molecular formula is C13H19N3O3. The van der Waals surface area contributed by atoms with Gasteiger partial charge in [-0.3, -0.25) is 9.59 Å². The molecule has 104 valence electrons. The Morgan fingerprint density at radius 2 is 1.84 bits per heavy atom. The van der Waals surface area contributed by atoms with Crippen molar-refractivity contribution in [3.05, 3.63) is 11.8 Å². The first-order valence-corrected chi connectivity index (χ1v) is 6.28. The Morgan fingerprint density at radius 3 is 2.26 bits per heavy atom. The number of ketones is 1. The van der Waals surface area contributed by atoms with Crippen molar-refractivity contribution in [1.29, 1.82) is 0 Å². The summed E-state index contributed by atoms with van der Waals surface area (Å²) in [6.07, 6.45) is 0. The summed E-state index contributed by atoms with van der Waals surface area (Å²) in [6, 6.07) is 0. The highest BCUT2D eigenvalue weighted by Gasteiger charge is 2.48. The zero-order chi connectivity index (χ0) is 14.4. The third kappa shape index (κ3) is 2.39. The number of carbonyl (C=O) groups is 2. The van der Waals surface area contributed by atoms with Gasteiger partial charge in [0, 0.05) is 25.4 Å².